The van der Waals surface area contributed by atoms with Gasteiger partial charge in [0.15, 0.2) is 0 Å². The quantitative estimate of drug-likeness (QED) is 0.856. The lowest BCUT2D eigenvalue weighted by molar-refractivity contribution is 0.0663. The summed E-state index contributed by atoms with van der Waals surface area (Å²) in [6, 6.07) is 6.19. The zero-order chi connectivity index (χ0) is 12.3. The summed E-state index contributed by atoms with van der Waals surface area (Å²) >= 11 is 0. The summed E-state index contributed by atoms with van der Waals surface area (Å²) < 4.78 is 19.0. The fourth-order valence-electron chi connectivity index (χ4n) is 2.05. The zero-order valence-electron chi connectivity index (χ0n) is 9.40. The summed E-state index contributed by atoms with van der Waals surface area (Å²) in [6.45, 7) is 0. The summed E-state index contributed by atoms with van der Waals surface area (Å²) in [7, 11) is 0. The lowest BCUT2D eigenvalue weighted by Gasteiger charge is -2.26. The molecule has 0 amide bonds. The first-order chi connectivity index (χ1) is 8.20. The molecule has 0 radical (unpaired) electrons. The largest absolute Gasteiger partial charge is 0.489 e. The Bertz CT molecular complexity index is 434. The molecule has 90 valence electrons. The van der Waals surface area contributed by atoms with Gasteiger partial charge in [-0.1, -0.05) is 6.07 Å². The lowest BCUT2D eigenvalue weighted by Crippen LogP contribution is -2.26. The van der Waals surface area contributed by atoms with E-state index in [2.05, 4.69) is 0 Å². The van der Waals surface area contributed by atoms with Crippen molar-refractivity contribution in [2.75, 3.05) is 0 Å². The molecule has 0 atom stereocenters. The maximum atomic E-state index is 13.3. The Labute approximate surface area is 99.4 Å². The van der Waals surface area contributed by atoms with Crippen molar-refractivity contribution in [2.24, 2.45) is 0 Å². The van der Waals surface area contributed by atoms with Gasteiger partial charge in [0.2, 0.25) is 0 Å². The molecule has 1 fully saturated rings. The van der Waals surface area contributed by atoms with Gasteiger partial charge in [0.1, 0.15) is 23.2 Å². The molecule has 2 rings (SSSR count). The van der Waals surface area contributed by atoms with E-state index in [0.717, 1.165) is 12.8 Å². The first-order valence-corrected chi connectivity index (χ1v) is 5.74. The van der Waals surface area contributed by atoms with Crippen LogP contribution in [-0.4, -0.2) is 17.3 Å². The minimum absolute atomic E-state index is 0.0349. The van der Waals surface area contributed by atoms with Crippen molar-refractivity contribution in [3.8, 4) is 11.8 Å². The molecule has 3 nitrogen and oxygen atoms in total. The van der Waals surface area contributed by atoms with Crippen LogP contribution in [0.2, 0.25) is 0 Å². The average molecular weight is 235 g/mol. The molecule has 0 aromatic heterocycles. The van der Waals surface area contributed by atoms with Crippen molar-refractivity contribution in [3.05, 3.63) is 29.6 Å². The number of hydrogen-bond acceptors (Lipinski definition) is 3. The monoisotopic (exact) mass is 235 g/mol. The average Bonchev–Trinajstić information content (AvgIpc) is 2.32. The molecule has 0 heterocycles. The van der Waals surface area contributed by atoms with Crippen LogP contribution in [0.1, 0.15) is 31.2 Å². The molecule has 0 aliphatic heterocycles. The van der Waals surface area contributed by atoms with Gasteiger partial charge in [-0.2, -0.15) is 5.26 Å². The molecule has 1 saturated carbocycles. The van der Waals surface area contributed by atoms with Crippen LogP contribution in [0, 0.1) is 17.1 Å². The Morgan fingerprint density at radius 1 is 1.29 bits per heavy atom. The van der Waals surface area contributed by atoms with Gasteiger partial charge in [0, 0.05) is 0 Å². The van der Waals surface area contributed by atoms with E-state index in [1.807, 2.05) is 6.07 Å². The first-order valence-electron chi connectivity index (χ1n) is 5.74. The Morgan fingerprint density at radius 3 is 2.65 bits per heavy atom. The van der Waals surface area contributed by atoms with Crippen LogP contribution in [0.25, 0.3) is 0 Å². The maximum Gasteiger partial charge on any atom is 0.144 e. The summed E-state index contributed by atoms with van der Waals surface area (Å²) in [4.78, 5) is 0. The van der Waals surface area contributed by atoms with Crippen molar-refractivity contribution in [3.63, 3.8) is 0 Å². The van der Waals surface area contributed by atoms with E-state index in [1.165, 1.54) is 12.1 Å². The molecule has 0 unspecified atom stereocenters. The minimum atomic E-state index is -0.555. The predicted molar refractivity (Wildman–Crippen MR) is 60.0 cm³/mol. The number of halogens is 1. The van der Waals surface area contributed by atoms with E-state index in [-0.39, 0.29) is 17.8 Å². The van der Waals surface area contributed by atoms with E-state index in [9.17, 15) is 9.50 Å². The van der Waals surface area contributed by atoms with Gasteiger partial charge in [-0.15, -0.1) is 0 Å². The molecule has 1 aliphatic rings. The number of aliphatic hydroxyl groups is 1. The number of rotatable bonds is 2. The van der Waals surface area contributed by atoms with Gasteiger partial charge in [0.25, 0.3) is 0 Å². The van der Waals surface area contributed by atoms with Crippen molar-refractivity contribution in [1.82, 2.24) is 0 Å². The molecular weight excluding hydrogens is 221 g/mol. The molecule has 0 spiro atoms. The van der Waals surface area contributed by atoms with Crippen molar-refractivity contribution in [2.45, 2.75) is 37.9 Å². The zero-order valence-corrected chi connectivity index (χ0v) is 9.40. The Morgan fingerprint density at radius 2 is 2.00 bits per heavy atom. The van der Waals surface area contributed by atoms with E-state index < -0.39 is 5.82 Å². The lowest BCUT2D eigenvalue weighted by atomic mass is 9.95. The van der Waals surface area contributed by atoms with E-state index >= 15 is 0 Å². The SMILES string of the molecule is N#Cc1c(F)cccc1OC1CCC(O)CC1. The number of aliphatic hydroxyl groups excluding tert-OH is 1. The molecule has 1 aromatic rings. The second-order valence-corrected chi connectivity index (χ2v) is 4.27. The summed E-state index contributed by atoms with van der Waals surface area (Å²) in [6.07, 6.45) is 2.58. The molecule has 4 heteroatoms. The van der Waals surface area contributed by atoms with Gasteiger partial charge in [0.05, 0.1) is 12.2 Å². The minimum Gasteiger partial charge on any atom is -0.489 e. The number of nitrogens with zero attached hydrogens (tertiary/aromatic N) is 1. The van der Waals surface area contributed by atoms with Crippen LogP contribution in [0.5, 0.6) is 5.75 Å². The Balaban J connectivity index is 2.09. The fourth-order valence-corrected chi connectivity index (χ4v) is 2.05. The summed E-state index contributed by atoms with van der Waals surface area (Å²) in [5.41, 5.74) is -0.0429. The molecule has 1 aromatic carbocycles. The molecule has 1 aliphatic carbocycles. The standard InChI is InChI=1S/C13H14FNO2/c14-12-2-1-3-13(11(12)8-15)17-10-6-4-9(16)5-7-10/h1-3,9-10,16H,4-7H2. The van der Waals surface area contributed by atoms with Crippen LogP contribution < -0.4 is 4.74 Å². The van der Waals surface area contributed by atoms with Gasteiger partial charge in [-0.3, -0.25) is 0 Å². The molecule has 17 heavy (non-hydrogen) atoms. The topological polar surface area (TPSA) is 53.2 Å². The molecule has 0 saturated heterocycles. The van der Waals surface area contributed by atoms with Gasteiger partial charge < -0.3 is 9.84 Å². The van der Waals surface area contributed by atoms with E-state index in [4.69, 9.17) is 10.00 Å². The second kappa shape index (κ2) is 5.15. The highest BCUT2D eigenvalue weighted by molar-refractivity contribution is 5.43. The van der Waals surface area contributed by atoms with Crippen LogP contribution in [-0.2, 0) is 0 Å². The number of benzene rings is 1. The molecule has 0 bridgehead atoms. The van der Waals surface area contributed by atoms with Gasteiger partial charge in [-0.25, -0.2) is 4.39 Å². The third kappa shape index (κ3) is 2.75. The molecule has 1 N–H and O–H groups in total. The molecular formula is C13H14FNO2. The number of nitriles is 1. The maximum absolute atomic E-state index is 13.3. The van der Waals surface area contributed by atoms with Gasteiger partial charge in [-0.05, 0) is 37.8 Å². The van der Waals surface area contributed by atoms with Crippen LogP contribution in [0.3, 0.4) is 0 Å². The highest BCUT2D eigenvalue weighted by Crippen LogP contribution is 2.27. The number of hydrogen-bond donors (Lipinski definition) is 1. The van der Waals surface area contributed by atoms with Crippen LogP contribution in [0.4, 0.5) is 4.39 Å². The van der Waals surface area contributed by atoms with E-state index in [1.54, 1.807) is 6.07 Å². The highest BCUT2D eigenvalue weighted by atomic mass is 19.1. The Kier molecular flexibility index (Phi) is 3.60. The summed E-state index contributed by atoms with van der Waals surface area (Å²) in [5.74, 6) is -0.255. The van der Waals surface area contributed by atoms with Gasteiger partial charge >= 0.3 is 0 Å². The predicted octanol–water partition coefficient (Wildman–Crippen LogP) is 2.38. The normalized spacial score (nSPS) is 24.1. The third-order valence-electron chi connectivity index (χ3n) is 3.02. The first kappa shape index (κ1) is 11.9. The second-order valence-electron chi connectivity index (χ2n) is 4.27. The van der Waals surface area contributed by atoms with E-state index in [0.29, 0.717) is 18.6 Å². The Hall–Kier alpha value is -1.60. The smallest absolute Gasteiger partial charge is 0.144 e. The fraction of sp³-hybridized carbons (Fsp3) is 0.462. The van der Waals surface area contributed by atoms with Crippen molar-refractivity contribution in [1.29, 1.82) is 5.26 Å². The van der Waals surface area contributed by atoms with Crippen molar-refractivity contribution >= 4 is 0 Å². The van der Waals surface area contributed by atoms with Crippen molar-refractivity contribution < 1.29 is 14.2 Å². The highest BCUT2D eigenvalue weighted by Gasteiger charge is 2.22. The van der Waals surface area contributed by atoms with Crippen LogP contribution in [0.15, 0.2) is 18.2 Å². The number of ether oxygens (including phenoxy) is 1. The third-order valence-corrected chi connectivity index (χ3v) is 3.02. The summed E-state index contributed by atoms with van der Waals surface area (Å²) in [5, 5.41) is 18.2. The van der Waals surface area contributed by atoms with Crippen LogP contribution >= 0.6 is 0 Å².